The highest BCUT2D eigenvalue weighted by Crippen LogP contribution is 2.21. The van der Waals surface area contributed by atoms with E-state index < -0.39 is 0 Å². The molecule has 0 saturated heterocycles. The Morgan fingerprint density at radius 2 is 2.11 bits per heavy atom. The summed E-state index contributed by atoms with van der Waals surface area (Å²) in [4.78, 5) is 12.0. The van der Waals surface area contributed by atoms with Crippen LogP contribution in [0.4, 0.5) is 5.69 Å². The number of hydrogen-bond donors (Lipinski definition) is 1. The van der Waals surface area contributed by atoms with Gasteiger partial charge in [0.2, 0.25) is 0 Å². The van der Waals surface area contributed by atoms with Crippen molar-refractivity contribution in [2.45, 2.75) is 13.5 Å². The van der Waals surface area contributed by atoms with E-state index in [0.717, 1.165) is 15.9 Å². The Hall–Kier alpha value is -1.08. The fraction of sp³-hybridized carbons (Fsp3) is 0.273. The van der Waals surface area contributed by atoms with Gasteiger partial charge in [0.25, 0.3) is 5.56 Å². The van der Waals surface area contributed by atoms with Crippen LogP contribution in [0.5, 0.6) is 0 Å². The van der Waals surface area contributed by atoms with E-state index in [2.05, 4.69) is 37.0 Å². The van der Waals surface area contributed by atoms with Crippen LogP contribution in [-0.4, -0.2) is 14.3 Å². The molecule has 96 valence electrons. The van der Waals surface area contributed by atoms with Crippen molar-refractivity contribution >= 4 is 37.5 Å². The van der Waals surface area contributed by atoms with Gasteiger partial charge in [0.05, 0.1) is 26.9 Å². The summed E-state index contributed by atoms with van der Waals surface area (Å²) in [7, 11) is 1.85. The monoisotopic (exact) mass is 374 g/mol. The number of anilines is 1. The van der Waals surface area contributed by atoms with Gasteiger partial charge in [0, 0.05) is 18.9 Å². The highest BCUT2D eigenvalue weighted by atomic mass is 79.9. The zero-order valence-electron chi connectivity index (χ0n) is 9.94. The molecule has 2 N–H and O–H groups in total. The number of halogens is 2. The van der Waals surface area contributed by atoms with Crippen molar-refractivity contribution in [2.24, 2.45) is 7.05 Å². The van der Waals surface area contributed by atoms with Crippen LogP contribution >= 0.6 is 31.9 Å². The second-order valence-electron chi connectivity index (χ2n) is 4.02. The molecule has 5 nitrogen and oxygen atoms in total. The van der Waals surface area contributed by atoms with Gasteiger partial charge in [-0.15, -0.1) is 0 Å². The molecule has 2 heterocycles. The van der Waals surface area contributed by atoms with Crippen LogP contribution in [0.15, 0.2) is 26.0 Å². The second-order valence-corrected chi connectivity index (χ2v) is 5.67. The van der Waals surface area contributed by atoms with Gasteiger partial charge in [-0.25, -0.2) is 0 Å². The van der Waals surface area contributed by atoms with Crippen molar-refractivity contribution < 1.29 is 0 Å². The molecule has 0 saturated carbocycles. The predicted octanol–water partition coefficient (Wildman–Crippen LogP) is 2.05. The number of rotatable bonds is 2. The van der Waals surface area contributed by atoms with E-state index in [9.17, 15) is 4.79 Å². The van der Waals surface area contributed by atoms with Crippen LogP contribution in [0.25, 0.3) is 0 Å². The van der Waals surface area contributed by atoms with Crippen molar-refractivity contribution in [3.8, 4) is 0 Å². The minimum atomic E-state index is -0.116. The van der Waals surface area contributed by atoms with E-state index in [1.54, 1.807) is 21.5 Å². The van der Waals surface area contributed by atoms with E-state index in [-0.39, 0.29) is 5.56 Å². The smallest absolute Gasteiger partial charge is 0.265 e. The molecule has 7 heteroatoms. The quantitative estimate of drug-likeness (QED) is 0.873. The Bertz CT molecular complexity index is 660. The Morgan fingerprint density at radius 3 is 2.67 bits per heavy atom. The molecule has 0 radical (unpaired) electrons. The lowest BCUT2D eigenvalue weighted by atomic mass is 10.3. The number of nitrogens with two attached hydrogens (primary N) is 1. The highest BCUT2D eigenvalue weighted by molar-refractivity contribution is 9.10. The average molecular weight is 376 g/mol. The zero-order valence-corrected chi connectivity index (χ0v) is 13.1. The molecule has 0 aliphatic heterocycles. The van der Waals surface area contributed by atoms with Gasteiger partial charge < -0.3 is 10.3 Å². The molecule has 0 aliphatic carbocycles. The van der Waals surface area contributed by atoms with Gasteiger partial charge in [0.15, 0.2) is 0 Å². The van der Waals surface area contributed by atoms with E-state index in [4.69, 9.17) is 5.73 Å². The van der Waals surface area contributed by atoms with Crippen LogP contribution < -0.4 is 11.3 Å². The first-order valence-corrected chi connectivity index (χ1v) is 6.82. The second kappa shape index (κ2) is 4.89. The third-order valence-electron chi connectivity index (χ3n) is 2.65. The van der Waals surface area contributed by atoms with Crippen LogP contribution in [0.3, 0.4) is 0 Å². The maximum atomic E-state index is 12.0. The minimum absolute atomic E-state index is 0.116. The first kappa shape index (κ1) is 13.4. The third kappa shape index (κ3) is 2.37. The Morgan fingerprint density at radius 1 is 1.44 bits per heavy atom. The Balaban J connectivity index is 2.49. The summed E-state index contributed by atoms with van der Waals surface area (Å²) in [5.41, 5.74) is 7.98. The van der Waals surface area contributed by atoms with E-state index >= 15 is 0 Å². The largest absolute Gasteiger partial charge is 0.398 e. The fourth-order valence-corrected chi connectivity index (χ4v) is 2.71. The molecule has 0 aromatic carbocycles. The maximum Gasteiger partial charge on any atom is 0.265 e. The summed E-state index contributed by atoms with van der Waals surface area (Å²) in [6.45, 7) is 2.33. The Kier molecular flexibility index (Phi) is 3.63. The number of nitrogen functional groups attached to an aromatic ring is 1. The zero-order chi connectivity index (χ0) is 13.4. The summed E-state index contributed by atoms with van der Waals surface area (Å²) >= 11 is 6.68. The van der Waals surface area contributed by atoms with Gasteiger partial charge >= 0.3 is 0 Å². The lowest BCUT2D eigenvalue weighted by molar-refractivity contribution is 0.649. The average Bonchev–Trinajstić information content (AvgIpc) is 2.52. The van der Waals surface area contributed by atoms with Crippen LogP contribution in [0.2, 0.25) is 0 Å². The number of aryl methyl sites for hydroxylation is 2. The van der Waals surface area contributed by atoms with Crippen LogP contribution in [0.1, 0.15) is 11.4 Å². The molecular weight excluding hydrogens is 364 g/mol. The molecule has 0 fully saturated rings. The van der Waals surface area contributed by atoms with Crippen molar-refractivity contribution in [1.82, 2.24) is 14.3 Å². The molecule has 2 rings (SSSR count). The van der Waals surface area contributed by atoms with Crippen molar-refractivity contribution in [1.29, 1.82) is 0 Å². The molecule has 0 amide bonds. The number of nitrogens with zero attached hydrogens (tertiary/aromatic N) is 3. The van der Waals surface area contributed by atoms with Gasteiger partial charge in [-0.3, -0.25) is 9.48 Å². The van der Waals surface area contributed by atoms with Crippen LogP contribution in [0, 0.1) is 6.92 Å². The molecule has 0 spiro atoms. The van der Waals surface area contributed by atoms with E-state index in [0.29, 0.717) is 16.7 Å². The first-order chi connectivity index (χ1) is 8.40. The topological polar surface area (TPSA) is 65.8 Å². The lowest BCUT2D eigenvalue weighted by Crippen LogP contribution is -2.22. The molecule has 2 aromatic rings. The highest BCUT2D eigenvalue weighted by Gasteiger charge is 2.12. The summed E-state index contributed by atoms with van der Waals surface area (Å²) in [6, 6.07) is 1.60. The van der Waals surface area contributed by atoms with Gasteiger partial charge in [0.1, 0.15) is 0 Å². The maximum absolute atomic E-state index is 12.0. The minimum Gasteiger partial charge on any atom is -0.398 e. The molecule has 18 heavy (non-hydrogen) atoms. The number of hydrogen-bond acceptors (Lipinski definition) is 3. The predicted molar refractivity (Wildman–Crippen MR) is 77.6 cm³/mol. The molecule has 2 aromatic heterocycles. The summed E-state index contributed by atoms with van der Waals surface area (Å²) in [5, 5.41) is 4.29. The summed E-state index contributed by atoms with van der Waals surface area (Å²) in [6.07, 6.45) is 1.63. The normalized spacial score (nSPS) is 10.9. The molecule has 0 bridgehead atoms. The van der Waals surface area contributed by atoms with Gasteiger partial charge in [-0.1, -0.05) is 0 Å². The Labute approximate surface area is 121 Å². The van der Waals surface area contributed by atoms with Crippen LogP contribution in [-0.2, 0) is 13.6 Å². The van der Waals surface area contributed by atoms with Crippen molar-refractivity contribution in [2.75, 3.05) is 5.73 Å². The fourth-order valence-electron chi connectivity index (χ4n) is 1.75. The van der Waals surface area contributed by atoms with E-state index in [1.165, 1.54) is 0 Å². The standard InChI is InChI=1S/C11H12Br2N4O/c1-6-10(13)9(16(2)15-6)5-17-4-7(14)3-8(12)11(17)18/h3-4H,5,14H2,1-2H3. The SMILES string of the molecule is Cc1nn(C)c(Cn2cc(N)cc(Br)c2=O)c1Br. The van der Waals surface area contributed by atoms with Gasteiger partial charge in [-0.05, 0) is 44.8 Å². The number of aromatic nitrogens is 3. The molecular formula is C11H12Br2N4O. The number of pyridine rings is 1. The molecule has 0 unspecified atom stereocenters. The van der Waals surface area contributed by atoms with Gasteiger partial charge in [-0.2, -0.15) is 5.10 Å². The van der Waals surface area contributed by atoms with Crippen molar-refractivity contribution in [3.63, 3.8) is 0 Å². The summed E-state index contributed by atoms with van der Waals surface area (Å²) < 4.78 is 4.68. The third-order valence-corrected chi connectivity index (χ3v) is 4.24. The van der Waals surface area contributed by atoms with E-state index in [1.807, 2.05) is 14.0 Å². The first-order valence-electron chi connectivity index (χ1n) is 5.23. The van der Waals surface area contributed by atoms with Crippen molar-refractivity contribution in [3.05, 3.63) is 43.0 Å². The molecule has 0 atom stereocenters. The lowest BCUT2D eigenvalue weighted by Gasteiger charge is -2.08. The summed E-state index contributed by atoms with van der Waals surface area (Å²) in [5.74, 6) is 0. The molecule has 0 aliphatic rings.